The first kappa shape index (κ1) is 19.3. The van der Waals surface area contributed by atoms with Gasteiger partial charge in [-0.3, -0.25) is 6.08 Å². The fourth-order valence-corrected chi connectivity index (χ4v) is 1.41. The third kappa shape index (κ3) is 6.47. The molecule has 1 aliphatic carbocycles. The summed E-state index contributed by atoms with van der Waals surface area (Å²) in [6, 6.07) is 14.7. The fourth-order valence-electron chi connectivity index (χ4n) is 1.41. The van der Waals surface area contributed by atoms with Gasteiger partial charge in [0, 0.05) is 0 Å². The third-order valence-corrected chi connectivity index (χ3v) is 2.13. The van der Waals surface area contributed by atoms with E-state index in [0.29, 0.717) is 0 Å². The molecule has 0 atom stereocenters. The summed E-state index contributed by atoms with van der Waals surface area (Å²) in [5, 5.41) is 2.66. The normalized spacial score (nSPS) is 10.6. The van der Waals surface area contributed by atoms with Crippen LogP contribution in [0.1, 0.15) is 6.42 Å². The Morgan fingerprint density at radius 2 is 1.82 bits per heavy atom. The number of fused-ring (bicyclic) bond motifs is 1. The van der Waals surface area contributed by atoms with Crippen LogP contribution in [0.3, 0.4) is 0 Å². The van der Waals surface area contributed by atoms with Crippen LogP contribution in [0.4, 0.5) is 0 Å². The van der Waals surface area contributed by atoms with Crippen LogP contribution in [0.15, 0.2) is 60.7 Å². The predicted molar refractivity (Wildman–Crippen MR) is 61.1 cm³/mol. The number of benzene rings is 1. The fraction of sp³-hybridized carbons (Fsp3) is 0.0714. The average Bonchev–Trinajstić information content (AvgIpc) is 2.92. The molecular formula is C14H12Br2Ti. The molecule has 0 bridgehead atoms. The van der Waals surface area contributed by atoms with E-state index in [2.05, 4.69) is 54.6 Å². The molecule has 0 unspecified atom stereocenters. The van der Waals surface area contributed by atoms with Crippen LogP contribution in [-0.2, 0) is 21.7 Å². The number of hydrogen-bond acceptors (Lipinski definition) is 0. The second kappa shape index (κ2) is 11.1. The van der Waals surface area contributed by atoms with E-state index in [4.69, 9.17) is 0 Å². The van der Waals surface area contributed by atoms with Crippen molar-refractivity contribution in [1.82, 2.24) is 0 Å². The second-order valence-electron chi connectivity index (χ2n) is 3.16. The molecule has 2 aromatic carbocycles. The van der Waals surface area contributed by atoms with E-state index < -0.39 is 0 Å². The van der Waals surface area contributed by atoms with E-state index in [9.17, 15) is 0 Å². The Balaban J connectivity index is 0. The van der Waals surface area contributed by atoms with Gasteiger partial charge in [-0.05, 0) is 0 Å². The average molecular weight is 388 g/mol. The molecule has 1 aliphatic rings. The van der Waals surface area contributed by atoms with Gasteiger partial charge in [0.15, 0.2) is 0 Å². The molecule has 0 fully saturated rings. The Hall–Kier alpha value is -0.0157. The molecule has 0 nitrogen and oxygen atoms in total. The minimum Gasteiger partial charge on any atom is -1.00 e. The topological polar surface area (TPSA) is 0 Å². The van der Waals surface area contributed by atoms with Crippen molar-refractivity contribution in [3.05, 3.63) is 66.8 Å². The summed E-state index contributed by atoms with van der Waals surface area (Å²) >= 11 is 0. The van der Waals surface area contributed by atoms with Gasteiger partial charge in [0.2, 0.25) is 0 Å². The van der Waals surface area contributed by atoms with Crippen molar-refractivity contribution in [1.29, 1.82) is 0 Å². The van der Waals surface area contributed by atoms with Gasteiger partial charge in [0.05, 0.1) is 0 Å². The molecule has 0 radical (unpaired) electrons. The predicted octanol–water partition coefficient (Wildman–Crippen LogP) is -2.13. The van der Waals surface area contributed by atoms with Crippen molar-refractivity contribution < 1.29 is 55.7 Å². The number of rotatable bonds is 0. The zero-order valence-corrected chi connectivity index (χ0v) is 14.0. The molecule has 0 amide bonds. The zero-order valence-electron chi connectivity index (χ0n) is 9.24. The zero-order chi connectivity index (χ0) is 9.64. The molecule has 3 rings (SSSR count). The molecule has 0 N–H and O–H groups in total. The molecule has 0 spiro atoms. The summed E-state index contributed by atoms with van der Waals surface area (Å²) in [6.45, 7) is 0. The largest absolute Gasteiger partial charge is 4.00 e. The smallest absolute Gasteiger partial charge is 1.00 e. The molecule has 0 aromatic heterocycles. The first-order valence-corrected chi connectivity index (χ1v) is 4.79. The van der Waals surface area contributed by atoms with E-state index >= 15 is 0 Å². The molecule has 2 aromatic rings. The van der Waals surface area contributed by atoms with Gasteiger partial charge in [-0.25, -0.2) is 12.2 Å². The first-order valence-electron chi connectivity index (χ1n) is 4.79. The third-order valence-electron chi connectivity index (χ3n) is 2.13. The van der Waals surface area contributed by atoms with Crippen LogP contribution in [0.2, 0.25) is 0 Å². The van der Waals surface area contributed by atoms with Gasteiger partial charge >= 0.3 is 21.7 Å². The van der Waals surface area contributed by atoms with Gasteiger partial charge < -0.3 is 34.0 Å². The van der Waals surface area contributed by atoms with E-state index in [1.807, 2.05) is 12.2 Å². The van der Waals surface area contributed by atoms with Crippen molar-refractivity contribution in [2.45, 2.75) is 6.42 Å². The molecule has 0 saturated heterocycles. The molecule has 0 aliphatic heterocycles. The second-order valence-corrected chi connectivity index (χ2v) is 3.16. The molecule has 0 heterocycles. The van der Waals surface area contributed by atoms with E-state index in [-0.39, 0.29) is 55.7 Å². The van der Waals surface area contributed by atoms with Gasteiger partial charge in [0.1, 0.15) is 0 Å². The van der Waals surface area contributed by atoms with E-state index in [1.165, 1.54) is 10.8 Å². The molecular weight excluding hydrogens is 376 g/mol. The van der Waals surface area contributed by atoms with Crippen LogP contribution in [0.25, 0.3) is 10.8 Å². The summed E-state index contributed by atoms with van der Waals surface area (Å²) in [5.74, 6) is 0. The molecule has 0 saturated carbocycles. The Kier molecular flexibility index (Phi) is 12.6. The van der Waals surface area contributed by atoms with Crippen molar-refractivity contribution in [3.63, 3.8) is 0 Å². The minimum absolute atomic E-state index is 0. The molecule has 3 heteroatoms. The van der Waals surface area contributed by atoms with Crippen LogP contribution >= 0.6 is 0 Å². The van der Waals surface area contributed by atoms with Crippen LogP contribution < -0.4 is 34.0 Å². The van der Waals surface area contributed by atoms with Crippen LogP contribution in [0.5, 0.6) is 0 Å². The molecule has 17 heavy (non-hydrogen) atoms. The van der Waals surface area contributed by atoms with Crippen molar-refractivity contribution >= 4 is 10.8 Å². The first-order chi connectivity index (χ1) is 6.97. The number of allylic oxidation sites excluding steroid dienone is 4. The summed E-state index contributed by atoms with van der Waals surface area (Å²) in [4.78, 5) is 0. The maximum Gasteiger partial charge on any atom is 4.00 e. The van der Waals surface area contributed by atoms with Crippen molar-refractivity contribution in [2.75, 3.05) is 0 Å². The maximum atomic E-state index is 2.99. The standard InChI is InChI=1S/C9H7.C5H5.2BrH.Ti/c1-2-5-9-7-3-6-8(9)4-1;1-2-4-5-3-1;;;/h1-7H;1-3H,4H2;2*1H;/q2*-1;;;+4/p-2. The SMILES string of the molecule is [Br-].[Br-].[C-]1=CC=CC1.[Ti+4].c1ccc2[cH-]ccc2c1. The van der Waals surface area contributed by atoms with Crippen molar-refractivity contribution in [2.24, 2.45) is 0 Å². The summed E-state index contributed by atoms with van der Waals surface area (Å²) < 4.78 is 0. The van der Waals surface area contributed by atoms with Crippen LogP contribution in [-0.4, -0.2) is 0 Å². The summed E-state index contributed by atoms with van der Waals surface area (Å²) in [5.41, 5.74) is 0. The van der Waals surface area contributed by atoms with Gasteiger partial charge in [0.25, 0.3) is 0 Å². The Morgan fingerprint density at radius 3 is 2.35 bits per heavy atom. The number of hydrogen-bond donors (Lipinski definition) is 0. The van der Waals surface area contributed by atoms with Gasteiger partial charge in [-0.2, -0.15) is 23.6 Å². The Morgan fingerprint density at radius 1 is 1.06 bits per heavy atom. The van der Waals surface area contributed by atoms with Gasteiger partial charge in [-0.1, -0.05) is 6.07 Å². The van der Waals surface area contributed by atoms with Crippen molar-refractivity contribution in [3.8, 4) is 0 Å². The minimum atomic E-state index is 0. The van der Waals surface area contributed by atoms with Gasteiger partial charge in [-0.15, -0.1) is 36.1 Å². The van der Waals surface area contributed by atoms with E-state index in [1.54, 1.807) is 0 Å². The van der Waals surface area contributed by atoms with E-state index in [0.717, 1.165) is 6.42 Å². The Labute approximate surface area is 139 Å². The quantitative estimate of drug-likeness (QED) is 0.358. The van der Waals surface area contributed by atoms with Crippen LogP contribution in [0, 0.1) is 6.08 Å². The summed E-state index contributed by atoms with van der Waals surface area (Å²) in [7, 11) is 0. The molecule has 86 valence electrons. The Bertz CT molecular complexity index is 418. The monoisotopic (exact) mass is 386 g/mol. The number of halogens is 2. The summed E-state index contributed by atoms with van der Waals surface area (Å²) in [6.07, 6.45) is 10.0. The maximum absolute atomic E-state index is 2.99.